The first-order chi connectivity index (χ1) is 15.8. The molecule has 0 unspecified atom stereocenters. The molecule has 0 saturated carbocycles. The average molecular weight is 492 g/mol. The van der Waals surface area contributed by atoms with E-state index in [1.165, 1.54) is 12.4 Å². The Balaban J connectivity index is 1.53. The zero-order chi connectivity index (χ0) is 23.3. The Bertz CT molecular complexity index is 1190. The topological polar surface area (TPSA) is 131 Å². The summed E-state index contributed by atoms with van der Waals surface area (Å²) >= 11 is 5.84. The summed E-state index contributed by atoms with van der Waals surface area (Å²) in [7, 11) is -3.36. The van der Waals surface area contributed by atoms with Crippen LogP contribution in [0.3, 0.4) is 0 Å². The van der Waals surface area contributed by atoms with Crippen molar-refractivity contribution in [3.8, 4) is 11.6 Å². The van der Waals surface area contributed by atoms with Crippen molar-refractivity contribution in [2.24, 2.45) is 0 Å². The first-order valence-electron chi connectivity index (χ1n) is 10.0. The first-order valence-corrected chi connectivity index (χ1v) is 12.3. The molecule has 2 N–H and O–H groups in total. The second kappa shape index (κ2) is 10.1. The van der Waals surface area contributed by atoms with Gasteiger partial charge in [0.25, 0.3) is 0 Å². The highest BCUT2D eigenvalue weighted by atomic mass is 35.5. The van der Waals surface area contributed by atoms with E-state index in [4.69, 9.17) is 21.1 Å². The van der Waals surface area contributed by atoms with Crippen molar-refractivity contribution >= 4 is 39.2 Å². The monoisotopic (exact) mass is 491 g/mol. The molecule has 0 aliphatic carbocycles. The quantitative estimate of drug-likeness (QED) is 0.484. The van der Waals surface area contributed by atoms with Gasteiger partial charge in [-0.05, 0) is 24.3 Å². The number of anilines is 3. The Morgan fingerprint density at radius 1 is 1.12 bits per heavy atom. The van der Waals surface area contributed by atoms with E-state index in [1.54, 1.807) is 30.3 Å². The van der Waals surface area contributed by atoms with E-state index in [-0.39, 0.29) is 0 Å². The maximum Gasteiger partial charge on any atom is 0.229 e. The SMILES string of the molecule is CS(=O)(=O)Nc1ccc(Oc2cc(CNc3ncc(Cl)cn3)nc(N3CCOCC3)n2)cc1. The maximum absolute atomic E-state index is 11.4. The van der Waals surface area contributed by atoms with E-state index in [1.807, 2.05) is 4.90 Å². The van der Waals surface area contributed by atoms with Crippen LogP contribution in [-0.2, 0) is 21.3 Å². The lowest BCUT2D eigenvalue weighted by Gasteiger charge is -2.27. The molecule has 0 atom stereocenters. The van der Waals surface area contributed by atoms with Gasteiger partial charge in [0.1, 0.15) is 5.75 Å². The molecule has 11 nitrogen and oxygen atoms in total. The number of nitrogens with one attached hydrogen (secondary N) is 2. The Labute approximate surface area is 196 Å². The highest BCUT2D eigenvalue weighted by Crippen LogP contribution is 2.25. The fourth-order valence-corrected chi connectivity index (χ4v) is 3.67. The van der Waals surface area contributed by atoms with Gasteiger partial charge < -0.3 is 19.7 Å². The van der Waals surface area contributed by atoms with Crippen molar-refractivity contribution in [1.29, 1.82) is 0 Å². The third-order valence-electron chi connectivity index (χ3n) is 4.47. The lowest BCUT2D eigenvalue weighted by molar-refractivity contribution is 0.122. The van der Waals surface area contributed by atoms with Crippen LogP contribution in [0.1, 0.15) is 5.69 Å². The predicted octanol–water partition coefficient (Wildman–Crippen LogP) is 2.53. The van der Waals surface area contributed by atoms with Crippen LogP contribution in [0, 0.1) is 0 Å². The van der Waals surface area contributed by atoms with Crippen molar-refractivity contribution in [2.75, 3.05) is 47.5 Å². The van der Waals surface area contributed by atoms with Crippen LogP contribution in [0.2, 0.25) is 5.02 Å². The highest BCUT2D eigenvalue weighted by molar-refractivity contribution is 7.92. The molecule has 1 saturated heterocycles. The minimum atomic E-state index is -3.36. The zero-order valence-corrected chi connectivity index (χ0v) is 19.3. The number of hydrogen-bond donors (Lipinski definition) is 2. The molecule has 2 aromatic heterocycles. The molecular weight excluding hydrogens is 470 g/mol. The van der Waals surface area contributed by atoms with Crippen molar-refractivity contribution in [2.45, 2.75) is 6.54 Å². The minimum Gasteiger partial charge on any atom is -0.439 e. The third kappa shape index (κ3) is 6.88. The second-order valence-electron chi connectivity index (χ2n) is 7.18. The van der Waals surface area contributed by atoms with E-state index in [0.29, 0.717) is 72.8 Å². The van der Waals surface area contributed by atoms with Gasteiger partial charge in [-0.2, -0.15) is 4.98 Å². The summed E-state index contributed by atoms with van der Waals surface area (Å²) in [4.78, 5) is 19.5. The first kappa shape index (κ1) is 23.0. The fraction of sp³-hybridized carbons (Fsp3) is 0.300. The lowest BCUT2D eigenvalue weighted by atomic mass is 10.3. The third-order valence-corrected chi connectivity index (χ3v) is 5.27. The molecule has 0 amide bonds. The van der Waals surface area contributed by atoms with Gasteiger partial charge in [0.15, 0.2) is 0 Å². The lowest BCUT2D eigenvalue weighted by Crippen LogP contribution is -2.37. The largest absolute Gasteiger partial charge is 0.439 e. The van der Waals surface area contributed by atoms with Crippen LogP contribution in [-0.4, -0.2) is 60.9 Å². The van der Waals surface area contributed by atoms with E-state index in [9.17, 15) is 8.42 Å². The molecule has 3 heterocycles. The number of sulfonamides is 1. The van der Waals surface area contributed by atoms with Gasteiger partial charge in [-0.1, -0.05) is 11.6 Å². The summed E-state index contributed by atoms with van der Waals surface area (Å²) < 4.78 is 36.6. The molecule has 0 radical (unpaired) electrons. The minimum absolute atomic E-state index is 0.342. The van der Waals surface area contributed by atoms with E-state index in [2.05, 4.69) is 30.0 Å². The predicted molar refractivity (Wildman–Crippen MR) is 124 cm³/mol. The standard InChI is InChI=1S/C20H22ClN7O4S/c1-33(29,30)27-15-2-4-17(5-3-15)32-18-10-16(13-24-19-22-11-14(21)12-23-19)25-20(26-18)28-6-8-31-9-7-28/h2-5,10-12,27H,6-9,13H2,1H3,(H,22,23,24). The van der Waals surface area contributed by atoms with Gasteiger partial charge in [0.2, 0.25) is 27.8 Å². The molecule has 3 aromatic rings. The maximum atomic E-state index is 11.4. The Morgan fingerprint density at radius 2 is 1.82 bits per heavy atom. The molecule has 0 bridgehead atoms. The summed E-state index contributed by atoms with van der Waals surface area (Å²) in [6.45, 7) is 2.87. The molecular formula is C20H22ClN7O4S. The van der Waals surface area contributed by atoms with Crippen LogP contribution in [0.4, 0.5) is 17.6 Å². The summed E-state index contributed by atoms with van der Waals surface area (Å²) in [6, 6.07) is 8.25. The zero-order valence-electron chi connectivity index (χ0n) is 17.7. The number of benzene rings is 1. The number of ether oxygens (including phenoxy) is 2. The number of rotatable bonds is 8. The van der Waals surface area contributed by atoms with Gasteiger partial charge >= 0.3 is 0 Å². The summed E-state index contributed by atoms with van der Waals surface area (Å²) in [5.41, 5.74) is 1.12. The molecule has 33 heavy (non-hydrogen) atoms. The molecule has 1 aromatic carbocycles. The smallest absolute Gasteiger partial charge is 0.229 e. The summed E-state index contributed by atoms with van der Waals surface area (Å²) in [5, 5.41) is 3.55. The van der Waals surface area contributed by atoms with Crippen molar-refractivity contribution in [3.05, 3.63) is 53.4 Å². The van der Waals surface area contributed by atoms with Gasteiger partial charge in [0.05, 0.1) is 49.1 Å². The average Bonchev–Trinajstić information content (AvgIpc) is 2.79. The van der Waals surface area contributed by atoms with Gasteiger partial charge in [0, 0.05) is 24.8 Å². The van der Waals surface area contributed by atoms with E-state index in [0.717, 1.165) is 6.26 Å². The van der Waals surface area contributed by atoms with Crippen LogP contribution in [0.25, 0.3) is 0 Å². The van der Waals surface area contributed by atoms with Crippen molar-refractivity contribution in [1.82, 2.24) is 19.9 Å². The molecule has 1 fully saturated rings. The second-order valence-corrected chi connectivity index (χ2v) is 9.36. The molecule has 4 rings (SSSR count). The summed E-state index contributed by atoms with van der Waals surface area (Å²) in [6.07, 6.45) is 4.11. The number of aromatic nitrogens is 4. The number of nitrogens with zero attached hydrogens (tertiary/aromatic N) is 5. The van der Waals surface area contributed by atoms with Crippen LogP contribution in [0.5, 0.6) is 11.6 Å². The molecule has 1 aliphatic heterocycles. The fourth-order valence-electron chi connectivity index (χ4n) is 3.01. The van der Waals surface area contributed by atoms with Crippen LogP contribution in [0.15, 0.2) is 42.7 Å². The van der Waals surface area contributed by atoms with Gasteiger partial charge in [-0.3, -0.25) is 4.72 Å². The molecule has 13 heteroatoms. The van der Waals surface area contributed by atoms with Gasteiger partial charge in [-0.15, -0.1) is 0 Å². The van der Waals surface area contributed by atoms with E-state index >= 15 is 0 Å². The molecule has 1 aliphatic rings. The molecule has 174 valence electrons. The number of morpholine rings is 1. The van der Waals surface area contributed by atoms with E-state index < -0.39 is 10.0 Å². The van der Waals surface area contributed by atoms with Gasteiger partial charge in [-0.25, -0.2) is 23.4 Å². The number of hydrogen-bond acceptors (Lipinski definition) is 10. The van der Waals surface area contributed by atoms with Crippen molar-refractivity contribution < 1.29 is 17.9 Å². The number of halogens is 1. The van der Waals surface area contributed by atoms with Crippen LogP contribution >= 0.6 is 11.6 Å². The highest BCUT2D eigenvalue weighted by Gasteiger charge is 2.17. The Hall–Kier alpha value is -3.22. The Kier molecular flexibility index (Phi) is 7.06. The van der Waals surface area contributed by atoms with Crippen LogP contribution < -0.4 is 19.7 Å². The van der Waals surface area contributed by atoms with Crippen molar-refractivity contribution in [3.63, 3.8) is 0 Å². The Morgan fingerprint density at radius 3 is 2.48 bits per heavy atom. The molecule has 0 spiro atoms. The normalized spacial score (nSPS) is 14.1. The summed E-state index contributed by atoms with van der Waals surface area (Å²) in [5.74, 6) is 1.80.